The van der Waals surface area contributed by atoms with Gasteiger partial charge in [0, 0.05) is 61.1 Å². The van der Waals surface area contributed by atoms with Crippen molar-refractivity contribution in [2.45, 2.75) is 70.7 Å². The van der Waals surface area contributed by atoms with Gasteiger partial charge < -0.3 is 34.4 Å². The van der Waals surface area contributed by atoms with Crippen molar-refractivity contribution in [3.05, 3.63) is 81.7 Å². The molecule has 0 spiro atoms. The van der Waals surface area contributed by atoms with Gasteiger partial charge in [-0.1, -0.05) is 6.42 Å². The highest BCUT2D eigenvalue weighted by Crippen LogP contribution is 2.36. The van der Waals surface area contributed by atoms with Crippen LogP contribution in [-0.4, -0.2) is 81.8 Å². The van der Waals surface area contributed by atoms with E-state index in [0.717, 1.165) is 36.2 Å². The van der Waals surface area contributed by atoms with Gasteiger partial charge in [0.25, 0.3) is 17.8 Å². The van der Waals surface area contributed by atoms with Crippen LogP contribution >= 0.6 is 0 Å². The number of carbonyl (C=O) groups excluding carboxylic acids is 3. The van der Waals surface area contributed by atoms with Crippen LogP contribution in [0.2, 0.25) is 0 Å². The Balaban J connectivity index is 1.15. The molecule has 2 aromatic carbocycles. The number of amides is 3. The van der Waals surface area contributed by atoms with Crippen LogP contribution in [0.1, 0.15) is 80.7 Å². The molecule has 3 N–H and O–H groups in total. The SMILES string of the molecule is Cc1n[nH]c(C)c1CNC(=O)c1cc2cc(c1)C(=O)N(C)CC(=O)N[C@@H]1CN(c3noc(C4CCC4)n3)CC[C@@H]1OCc1cc(F)cc(c1)O2. The van der Waals surface area contributed by atoms with Gasteiger partial charge in [-0.05, 0) is 74.2 Å². The monoisotopic (exact) mass is 686 g/mol. The van der Waals surface area contributed by atoms with Gasteiger partial charge in [-0.2, -0.15) is 10.1 Å². The number of nitrogens with one attached hydrogen (secondary N) is 3. The minimum Gasteiger partial charge on any atom is -0.457 e. The number of halogens is 1. The second-order valence-electron chi connectivity index (χ2n) is 13.2. The number of likely N-dealkylation sites (N-methyl/N-ethyl adjacent to an activating group) is 1. The predicted molar refractivity (Wildman–Crippen MR) is 177 cm³/mol. The van der Waals surface area contributed by atoms with Crippen LogP contribution < -0.4 is 20.3 Å². The Hall–Kier alpha value is -5.31. The van der Waals surface area contributed by atoms with E-state index in [9.17, 15) is 18.8 Å². The summed E-state index contributed by atoms with van der Waals surface area (Å²) >= 11 is 0. The van der Waals surface area contributed by atoms with Crippen molar-refractivity contribution in [3.63, 3.8) is 0 Å². The summed E-state index contributed by atoms with van der Waals surface area (Å²) in [7, 11) is 1.50. The summed E-state index contributed by atoms with van der Waals surface area (Å²) in [5.41, 5.74) is 3.22. The Morgan fingerprint density at radius 3 is 2.66 bits per heavy atom. The molecule has 1 saturated carbocycles. The summed E-state index contributed by atoms with van der Waals surface area (Å²) < 4.78 is 32.8. The molecule has 0 unspecified atom stereocenters. The zero-order valence-corrected chi connectivity index (χ0v) is 28.1. The van der Waals surface area contributed by atoms with E-state index in [0.29, 0.717) is 36.9 Å². The van der Waals surface area contributed by atoms with Crippen molar-refractivity contribution in [2.24, 2.45) is 0 Å². The molecule has 4 aromatic rings. The predicted octanol–water partition coefficient (Wildman–Crippen LogP) is 3.90. The van der Waals surface area contributed by atoms with E-state index in [1.807, 2.05) is 18.7 Å². The maximum absolute atomic E-state index is 14.9. The van der Waals surface area contributed by atoms with Crippen LogP contribution in [0.3, 0.4) is 0 Å². The van der Waals surface area contributed by atoms with E-state index >= 15 is 0 Å². The summed E-state index contributed by atoms with van der Waals surface area (Å²) in [5.74, 6) is -0.224. The summed E-state index contributed by atoms with van der Waals surface area (Å²) in [6.45, 7) is 4.60. The van der Waals surface area contributed by atoms with Crippen LogP contribution in [-0.2, 0) is 22.7 Å². The molecule has 1 aliphatic carbocycles. The number of ether oxygens (including phenoxy) is 2. The number of aromatic nitrogens is 4. The summed E-state index contributed by atoms with van der Waals surface area (Å²) in [6, 6.07) is 8.11. The topological polar surface area (TPSA) is 168 Å². The van der Waals surface area contributed by atoms with E-state index in [4.69, 9.17) is 14.0 Å². The van der Waals surface area contributed by atoms with Gasteiger partial charge in [-0.3, -0.25) is 19.5 Å². The van der Waals surface area contributed by atoms with Crippen LogP contribution in [0.5, 0.6) is 11.5 Å². The van der Waals surface area contributed by atoms with E-state index in [1.165, 1.54) is 42.3 Å². The number of H-pyrrole nitrogens is 1. The molecular formula is C35H39FN8O6. The highest BCUT2D eigenvalue weighted by Gasteiger charge is 2.35. The molecule has 0 radical (unpaired) electrons. The molecule has 3 amide bonds. The molecule has 2 atom stereocenters. The highest BCUT2D eigenvalue weighted by atomic mass is 19.1. The third-order valence-electron chi connectivity index (χ3n) is 9.54. The van der Waals surface area contributed by atoms with Gasteiger partial charge in [0.1, 0.15) is 17.3 Å². The lowest BCUT2D eigenvalue weighted by Gasteiger charge is -2.38. The van der Waals surface area contributed by atoms with Gasteiger partial charge in [0.15, 0.2) is 0 Å². The summed E-state index contributed by atoms with van der Waals surface area (Å²) in [6.07, 6.45) is 3.31. The van der Waals surface area contributed by atoms with Crippen molar-refractivity contribution in [2.75, 3.05) is 31.6 Å². The zero-order chi connectivity index (χ0) is 34.9. The lowest BCUT2D eigenvalue weighted by Crippen LogP contribution is -2.57. The third-order valence-corrected chi connectivity index (χ3v) is 9.54. The van der Waals surface area contributed by atoms with E-state index in [2.05, 4.69) is 31.0 Å². The van der Waals surface area contributed by atoms with Crippen molar-refractivity contribution < 1.29 is 32.8 Å². The second kappa shape index (κ2) is 13.9. The molecule has 2 fully saturated rings. The van der Waals surface area contributed by atoms with E-state index in [-0.39, 0.29) is 48.2 Å². The number of benzene rings is 2. The molecule has 3 aliphatic rings. The Kier molecular flexibility index (Phi) is 9.23. The van der Waals surface area contributed by atoms with Crippen LogP contribution in [0.15, 0.2) is 40.9 Å². The van der Waals surface area contributed by atoms with Crippen LogP contribution in [0.25, 0.3) is 0 Å². The molecule has 4 bridgehead atoms. The first-order chi connectivity index (χ1) is 24.1. The van der Waals surface area contributed by atoms with Gasteiger partial charge in [0.2, 0.25) is 11.8 Å². The fraction of sp³-hybridized carbons (Fsp3) is 0.429. The van der Waals surface area contributed by atoms with Crippen LogP contribution in [0, 0.1) is 19.7 Å². The normalized spacial score (nSPS) is 20.1. The first-order valence-electron chi connectivity index (χ1n) is 16.8. The number of rotatable bonds is 5. The van der Waals surface area contributed by atoms with E-state index in [1.54, 1.807) is 6.07 Å². The Morgan fingerprint density at radius 1 is 1.08 bits per heavy atom. The van der Waals surface area contributed by atoms with Crippen molar-refractivity contribution in [1.29, 1.82) is 0 Å². The molecule has 1 saturated heterocycles. The lowest BCUT2D eigenvalue weighted by atomic mass is 9.85. The van der Waals surface area contributed by atoms with Crippen LogP contribution in [0.4, 0.5) is 10.3 Å². The number of aromatic amines is 1. The average molecular weight is 687 g/mol. The summed E-state index contributed by atoms with van der Waals surface area (Å²) in [5, 5.41) is 17.2. The van der Waals surface area contributed by atoms with Crippen molar-refractivity contribution in [3.8, 4) is 11.5 Å². The Bertz CT molecular complexity index is 1900. The smallest absolute Gasteiger partial charge is 0.266 e. The number of piperidine rings is 1. The number of carbonyl (C=O) groups is 3. The standard InChI is InChI=1S/C35H39FN8O6/c1-19-28(20(2)41-40-19)15-37-32(46)23-11-24-13-27(12-23)49-26-10-21(9-25(36)14-26)18-48-30-7-8-44(35-39-33(50-42-35)22-5-4-6-22)16-29(30)38-31(45)17-43(3)34(24)47/h9-14,22,29-30H,4-8,15-18H2,1-3H3,(H,37,46)(H,38,45)(H,40,41)/t29-,30+/m1/s1. The largest absolute Gasteiger partial charge is 0.457 e. The molecule has 4 heterocycles. The lowest BCUT2D eigenvalue weighted by molar-refractivity contribution is -0.123. The fourth-order valence-corrected chi connectivity index (χ4v) is 6.51. The number of anilines is 1. The number of fused-ring (bicyclic) bond motifs is 5. The quantitative estimate of drug-likeness (QED) is 0.280. The molecule has 2 aromatic heterocycles. The van der Waals surface area contributed by atoms with Crippen molar-refractivity contribution >= 4 is 23.7 Å². The minimum absolute atomic E-state index is 0.0537. The zero-order valence-electron chi connectivity index (χ0n) is 28.1. The minimum atomic E-state index is -0.544. The first-order valence-corrected chi connectivity index (χ1v) is 16.8. The second-order valence-corrected chi connectivity index (χ2v) is 13.2. The van der Waals surface area contributed by atoms with Gasteiger partial charge in [0.05, 0.1) is 31.0 Å². The number of hydrogen-bond donors (Lipinski definition) is 3. The Morgan fingerprint density at radius 2 is 1.90 bits per heavy atom. The molecule has 262 valence electrons. The highest BCUT2D eigenvalue weighted by molar-refractivity contribution is 6.01. The molecule has 14 nitrogen and oxygen atoms in total. The number of aryl methyl sites for hydroxylation is 2. The third kappa shape index (κ3) is 7.18. The molecule has 7 rings (SSSR count). The molecule has 15 heteroatoms. The maximum atomic E-state index is 14.9. The molecule has 50 heavy (non-hydrogen) atoms. The Labute approximate surface area is 287 Å². The summed E-state index contributed by atoms with van der Waals surface area (Å²) in [4.78, 5) is 48.4. The van der Waals surface area contributed by atoms with Crippen molar-refractivity contribution in [1.82, 2.24) is 35.9 Å². The number of nitrogens with zero attached hydrogens (tertiary/aromatic N) is 5. The van der Waals surface area contributed by atoms with Gasteiger partial charge in [-0.15, -0.1) is 0 Å². The fourth-order valence-electron chi connectivity index (χ4n) is 6.51. The molecular weight excluding hydrogens is 647 g/mol. The molecule has 2 aliphatic heterocycles. The maximum Gasteiger partial charge on any atom is 0.266 e. The van der Waals surface area contributed by atoms with Gasteiger partial charge >= 0.3 is 0 Å². The van der Waals surface area contributed by atoms with Gasteiger partial charge in [-0.25, -0.2) is 4.39 Å². The number of hydrogen-bond acceptors (Lipinski definition) is 10. The average Bonchev–Trinajstić information content (AvgIpc) is 3.66. The first kappa shape index (κ1) is 33.2. The van der Waals surface area contributed by atoms with E-state index < -0.39 is 35.7 Å².